The second kappa shape index (κ2) is 5.38. The van der Waals surface area contributed by atoms with Crippen LogP contribution in [0.25, 0.3) is 0 Å². The molecular formula is C13H18O5S. The first-order valence-corrected chi connectivity index (χ1v) is 7.94. The molecule has 0 saturated carbocycles. The van der Waals surface area contributed by atoms with Gasteiger partial charge < -0.3 is 14.6 Å². The van der Waals surface area contributed by atoms with Crippen LogP contribution in [-0.2, 0) is 16.3 Å². The van der Waals surface area contributed by atoms with Gasteiger partial charge in [-0.2, -0.15) is 0 Å². The molecule has 1 saturated heterocycles. The van der Waals surface area contributed by atoms with E-state index >= 15 is 0 Å². The van der Waals surface area contributed by atoms with E-state index in [-0.39, 0.29) is 17.6 Å². The van der Waals surface area contributed by atoms with Gasteiger partial charge in [0.25, 0.3) is 0 Å². The Labute approximate surface area is 113 Å². The highest BCUT2D eigenvalue weighted by molar-refractivity contribution is 7.92. The summed E-state index contributed by atoms with van der Waals surface area (Å²) in [5.74, 6) is 1.20. The molecule has 1 aromatic carbocycles. The smallest absolute Gasteiger partial charge is 0.161 e. The van der Waals surface area contributed by atoms with Crippen LogP contribution in [0.3, 0.4) is 0 Å². The van der Waals surface area contributed by atoms with Gasteiger partial charge in [0.1, 0.15) is 6.10 Å². The Bertz CT molecular complexity index is 538. The minimum atomic E-state index is -2.91. The van der Waals surface area contributed by atoms with Gasteiger partial charge in [-0.3, -0.25) is 0 Å². The Morgan fingerprint density at radius 3 is 2.58 bits per heavy atom. The highest BCUT2D eigenvalue weighted by Crippen LogP contribution is 2.31. The molecule has 0 amide bonds. The van der Waals surface area contributed by atoms with Crippen molar-refractivity contribution in [3.8, 4) is 11.5 Å². The van der Waals surface area contributed by atoms with Gasteiger partial charge in [-0.1, -0.05) is 6.07 Å². The maximum atomic E-state index is 11.1. The SMILES string of the molecule is COc1ccc(CC(C)O)cc1OC1CS(=O)(=O)C1. The van der Waals surface area contributed by atoms with Crippen molar-refractivity contribution in [1.29, 1.82) is 0 Å². The third kappa shape index (κ3) is 3.61. The topological polar surface area (TPSA) is 72.8 Å². The highest BCUT2D eigenvalue weighted by atomic mass is 32.2. The van der Waals surface area contributed by atoms with E-state index in [0.29, 0.717) is 17.9 Å². The molecule has 2 rings (SSSR count). The molecule has 19 heavy (non-hydrogen) atoms. The fourth-order valence-corrected chi connectivity index (χ4v) is 3.22. The van der Waals surface area contributed by atoms with Crippen molar-refractivity contribution in [2.24, 2.45) is 0 Å². The lowest BCUT2D eigenvalue weighted by Gasteiger charge is -2.27. The standard InChI is InChI=1S/C13H18O5S/c1-9(14)5-10-3-4-12(17-2)13(6-10)18-11-7-19(15,16)8-11/h3-4,6,9,11,14H,5,7-8H2,1-2H3. The summed E-state index contributed by atoms with van der Waals surface area (Å²) >= 11 is 0. The van der Waals surface area contributed by atoms with Crippen LogP contribution in [0.2, 0.25) is 0 Å². The summed E-state index contributed by atoms with van der Waals surface area (Å²) in [6.07, 6.45) is -0.227. The van der Waals surface area contributed by atoms with Gasteiger partial charge in [0, 0.05) is 0 Å². The zero-order chi connectivity index (χ0) is 14.0. The van der Waals surface area contributed by atoms with Crippen molar-refractivity contribution in [3.63, 3.8) is 0 Å². The van der Waals surface area contributed by atoms with Crippen LogP contribution in [0.5, 0.6) is 11.5 Å². The van der Waals surface area contributed by atoms with Gasteiger partial charge in [0.2, 0.25) is 0 Å². The number of aliphatic hydroxyl groups is 1. The molecular weight excluding hydrogens is 268 g/mol. The van der Waals surface area contributed by atoms with Crippen molar-refractivity contribution >= 4 is 9.84 Å². The molecule has 1 aromatic rings. The van der Waals surface area contributed by atoms with E-state index in [9.17, 15) is 13.5 Å². The van der Waals surface area contributed by atoms with Crippen LogP contribution in [0.1, 0.15) is 12.5 Å². The summed E-state index contributed by atoms with van der Waals surface area (Å²) < 4.78 is 33.1. The Hall–Kier alpha value is -1.27. The van der Waals surface area contributed by atoms with Crippen molar-refractivity contribution in [2.75, 3.05) is 18.6 Å². The zero-order valence-corrected chi connectivity index (χ0v) is 11.8. The van der Waals surface area contributed by atoms with Crippen LogP contribution in [0.15, 0.2) is 18.2 Å². The summed E-state index contributed by atoms with van der Waals surface area (Å²) in [7, 11) is -1.37. The predicted octanol–water partition coefficient (Wildman–Crippen LogP) is 0.794. The molecule has 5 nitrogen and oxygen atoms in total. The van der Waals surface area contributed by atoms with Gasteiger partial charge in [0.05, 0.1) is 24.7 Å². The molecule has 1 heterocycles. The van der Waals surface area contributed by atoms with E-state index in [0.717, 1.165) is 5.56 Å². The molecule has 6 heteroatoms. The number of aliphatic hydroxyl groups excluding tert-OH is 1. The average Bonchev–Trinajstić information content (AvgIpc) is 2.26. The van der Waals surface area contributed by atoms with E-state index in [1.54, 1.807) is 19.1 Å². The second-order valence-corrected chi connectivity index (χ2v) is 7.01. The van der Waals surface area contributed by atoms with Gasteiger partial charge in [-0.15, -0.1) is 0 Å². The average molecular weight is 286 g/mol. The lowest BCUT2D eigenvalue weighted by molar-refractivity contribution is 0.194. The van der Waals surface area contributed by atoms with Gasteiger partial charge in [-0.05, 0) is 31.0 Å². The van der Waals surface area contributed by atoms with Crippen molar-refractivity contribution < 1.29 is 23.0 Å². The Morgan fingerprint density at radius 2 is 2.05 bits per heavy atom. The van der Waals surface area contributed by atoms with Crippen molar-refractivity contribution in [2.45, 2.75) is 25.6 Å². The first-order valence-electron chi connectivity index (χ1n) is 6.11. The highest BCUT2D eigenvalue weighted by Gasteiger charge is 2.35. The molecule has 0 bridgehead atoms. The largest absolute Gasteiger partial charge is 0.493 e. The number of methoxy groups -OCH3 is 1. The lowest BCUT2D eigenvalue weighted by atomic mass is 10.1. The van der Waals surface area contributed by atoms with Gasteiger partial charge >= 0.3 is 0 Å². The molecule has 0 aromatic heterocycles. The Morgan fingerprint density at radius 1 is 1.37 bits per heavy atom. The maximum Gasteiger partial charge on any atom is 0.161 e. The van der Waals surface area contributed by atoms with Crippen LogP contribution < -0.4 is 9.47 Å². The molecule has 1 unspecified atom stereocenters. The van der Waals surface area contributed by atoms with Crippen LogP contribution in [0.4, 0.5) is 0 Å². The van der Waals surface area contributed by atoms with Crippen LogP contribution >= 0.6 is 0 Å². The summed E-state index contributed by atoms with van der Waals surface area (Å²) in [6.45, 7) is 1.71. The number of hydrogen-bond donors (Lipinski definition) is 1. The molecule has 1 aliphatic heterocycles. The summed E-state index contributed by atoms with van der Waals surface area (Å²) in [5, 5.41) is 9.38. The van der Waals surface area contributed by atoms with Crippen molar-refractivity contribution in [3.05, 3.63) is 23.8 Å². The molecule has 1 N–H and O–H groups in total. The minimum Gasteiger partial charge on any atom is -0.493 e. The van der Waals surface area contributed by atoms with Gasteiger partial charge in [-0.25, -0.2) is 8.42 Å². The van der Waals surface area contributed by atoms with Crippen LogP contribution in [0, 0.1) is 0 Å². The number of sulfone groups is 1. The van der Waals surface area contributed by atoms with E-state index in [1.165, 1.54) is 7.11 Å². The summed E-state index contributed by atoms with van der Waals surface area (Å²) in [4.78, 5) is 0. The summed E-state index contributed by atoms with van der Waals surface area (Å²) in [5.41, 5.74) is 0.924. The number of ether oxygens (including phenoxy) is 2. The zero-order valence-electron chi connectivity index (χ0n) is 11.0. The predicted molar refractivity (Wildman–Crippen MR) is 71.4 cm³/mol. The first-order chi connectivity index (χ1) is 8.89. The Balaban J connectivity index is 2.12. The molecule has 0 radical (unpaired) electrons. The van der Waals surface area contributed by atoms with Crippen molar-refractivity contribution in [1.82, 2.24) is 0 Å². The van der Waals surface area contributed by atoms with E-state index in [4.69, 9.17) is 9.47 Å². The van der Waals surface area contributed by atoms with E-state index in [1.807, 2.05) is 6.07 Å². The number of rotatable bonds is 5. The van der Waals surface area contributed by atoms with E-state index in [2.05, 4.69) is 0 Å². The molecule has 0 spiro atoms. The van der Waals surface area contributed by atoms with Gasteiger partial charge in [0.15, 0.2) is 21.3 Å². The molecule has 1 aliphatic rings. The quantitative estimate of drug-likeness (QED) is 0.866. The monoisotopic (exact) mass is 286 g/mol. The molecule has 106 valence electrons. The normalized spacial score (nSPS) is 19.5. The third-order valence-corrected chi connectivity index (χ3v) is 4.69. The second-order valence-electron chi connectivity index (χ2n) is 4.86. The summed E-state index contributed by atoms with van der Waals surface area (Å²) in [6, 6.07) is 5.41. The lowest BCUT2D eigenvalue weighted by Crippen LogP contribution is -2.45. The van der Waals surface area contributed by atoms with E-state index < -0.39 is 15.9 Å². The number of hydrogen-bond acceptors (Lipinski definition) is 5. The third-order valence-electron chi connectivity index (χ3n) is 2.93. The minimum absolute atomic E-state index is 0.0524. The molecule has 0 aliphatic carbocycles. The Kier molecular flexibility index (Phi) is 4.01. The van der Waals surface area contributed by atoms with Crippen LogP contribution in [-0.4, -0.2) is 44.3 Å². The fraction of sp³-hybridized carbons (Fsp3) is 0.538. The first kappa shape index (κ1) is 14.1. The maximum absolute atomic E-state index is 11.1. The molecule has 1 fully saturated rings. The number of benzene rings is 1. The fourth-order valence-electron chi connectivity index (χ4n) is 2.05. The molecule has 1 atom stereocenters.